The van der Waals surface area contributed by atoms with Crippen LogP contribution in [0.25, 0.3) is 10.9 Å². The van der Waals surface area contributed by atoms with Crippen LogP contribution in [0.3, 0.4) is 0 Å². The predicted octanol–water partition coefficient (Wildman–Crippen LogP) is 4.18. The molecule has 3 atom stereocenters. The van der Waals surface area contributed by atoms with Crippen molar-refractivity contribution in [2.24, 2.45) is 11.8 Å². The van der Waals surface area contributed by atoms with E-state index >= 15 is 0 Å². The number of pyridine rings is 1. The zero-order valence-electron chi connectivity index (χ0n) is 19.1. The van der Waals surface area contributed by atoms with Crippen LogP contribution < -0.4 is 10.2 Å². The van der Waals surface area contributed by atoms with Gasteiger partial charge in [0.1, 0.15) is 5.75 Å². The molecule has 8 heteroatoms. The number of aromatic nitrogens is 1. The lowest BCUT2D eigenvalue weighted by molar-refractivity contribution is -0.146. The third kappa shape index (κ3) is 5.75. The van der Waals surface area contributed by atoms with Gasteiger partial charge < -0.3 is 15.1 Å². The molecule has 3 N–H and O–H groups in total. The van der Waals surface area contributed by atoms with Gasteiger partial charge in [-0.05, 0) is 73.0 Å². The van der Waals surface area contributed by atoms with E-state index in [1.54, 1.807) is 24.6 Å². The number of hydroxylamine groups is 1. The Morgan fingerprint density at radius 3 is 3.00 bits per heavy atom. The van der Waals surface area contributed by atoms with Crippen LogP contribution in [0.15, 0.2) is 48.0 Å². The minimum absolute atomic E-state index is 0.0393. The molecule has 0 unspecified atom stereocenters. The molecule has 3 aromatic rings. The Morgan fingerprint density at radius 1 is 1.38 bits per heavy atom. The van der Waals surface area contributed by atoms with Crippen LogP contribution in [0, 0.1) is 23.7 Å². The second kappa shape index (κ2) is 11.4. The largest absolute Gasteiger partial charge is 0.497 e. The van der Waals surface area contributed by atoms with Gasteiger partial charge in [-0.25, -0.2) is 0 Å². The molecule has 0 radical (unpaired) electrons. The van der Waals surface area contributed by atoms with Crippen LogP contribution in [-0.2, 0) is 4.79 Å². The molecule has 0 spiro atoms. The van der Waals surface area contributed by atoms with E-state index in [2.05, 4.69) is 27.2 Å². The number of aliphatic carboxylic acids is 1. The number of hydrogen-bond acceptors (Lipinski definition) is 7. The van der Waals surface area contributed by atoms with E-state index in [9.17, 15) is 15.1 Å². The summed E-state index contributed by atoms with van der Waals surface area (Å²) in [4.78, 5) is 19.6. The second-order valence-electron chi connectivity index (χ2n) is 8.55. The molecule has 7 nitrogen and oxygen atoms in total. The molecule has 3 heterocycles. The first-order valence-electron chi connectivity index (χ1n) is 11.4. The SMILES string of the molecule is COc1ccc2nccc([C@H](CC[C@@H]3CCN(CC#Cc4cccs4)C[C@@H]3C(=O)O)NO)c2c1. The van der Waals surface area contributed by atoms with Crippen LogP contribution >= 0.6 is 11.3 Å². The van der Waals surface area contributed by atoms with E-state index in [4.69, 9.17) is 4.74 Å². The van der Waals surface area contributed by atoms with E-state index in [1.807, 2.05) is 41.8 Å². The lowest BCUT2D eigenvalue weighted by Crippen LogP contribution is -2.44. The number of piperidine rings is 1. The molecule has 178 valence electrons. The second-order valence-corrected chi connectivity index (χ2v) is 9.50. The maximum atomic E-state index is 12.1. The number of ether oxygens (including phenoxy) is 1. The van der Waals surface area contributed by atoms with Gasteiger partial charge in [0.25, 0.3) is 0 Å². The molecule has 0 amide bonds. The van der Waals surface area contributed by atoms with Gasteiger partial charge in [-0.3, -0.25) is 14.7 Å². The van der Waals surface area contributed by atoms with Crippen LogP contribution in [0.4, 0.5) is 0 Å². The van der Waals surface area contributed by atoms with E-state index in [0.29, 0.717) is 25.9 Å². The van der Waals surface area contributed by atoms with Crippen LogP contribution in [0.2, 0.25) is 0 Å². The van der Waals surface area contributed by atoms with Crippen molar-refractivity contribution in [3.05, 3.63) is 58.4 Å². The lowest BCUT2D eigenvalue weighted by Gasteiger charge is -2.36. The minimum Gasteiger partial charge on any atom is -0.497 e. The summed E-state index contributed by atoms with van der Waals surface area (Å²) in [6, 6.07) is 11.2. The Bertz CT molecular complexity index is 1170. The highest BCUT2D eigenvalue weighted by molar-refractivity contribution is 7.10. The van der Waals surface area contributed by atoms with Gasteiger partial charge in [-0.2, -0.15) is 5.48 Å². The Balaban J connectivity index is 1.41. The van der Waals surface area contributed by atoms with Gasteiger partial charge >= 0.3 is 5.97 Å². The van der Waals surface area contributed by atoms with Gasteiger partial charge in [0, 0.05) is 18.1 Å². The van der Waals surface area contributed by atoms with Crippen LogP contribution in [-0.4, -0.2) is 52.9 Å². The first-order valence-corrected chi connectivity index (χ1v) is 12.3. The van der Waals surface area contributed by atoms with Gasteiger partial charge in [-0.1, -0.05) is 17.9 Å². The zero-order valence-corrected chi connectivity index (χ0v) is 19.9. The van der Waals surface area contributed by atoms with Gasteiger partial charge in [0.2, 0.25) is 0 Å². The number of fused-ring (bicyclic) bond motifs is 1. The number of hydrogen-bond donors (Lipinski definition) is 3. The lowest BCUT2D eigenvalue weighted by atomic mass is 9.81. The van der Waals surface area contributed by atoms with E-state index < -0.39 is 11.9 Å². The highest BCUT2D eigenvalue weighted by Gasteiger charge is 2.34. The normalized spacial score (nSPS) is 19.4. The van der Waals surface area contributed by atoms with Crippen molar-refractivity contribution in [2.45, 2.75) is 25.3 Å². The topological polar surface area (TPSA) is 94.9 Å². The molecule has 1 aliphatic rings. The number of nitrogens with zero attached hydrogens (tertiary/aromatic N) is 2. The van der Waals surface area contributed by atoms with Crippen molar-refractivity contribution < 1.29 is 19.8 Å². The van der Waals surface area contributed by atoms with E-state index in [-0.39, 0.29) is 12.0 Å². The number of rotatable bonds is 8. The molecular formula is C26H29N3O4S. The maximum absolute atomic E-state index is 12.1. The monoisotopic (exact) mass is 479 g/mol. The van der Waals surface area contributed by atoms with Crippen LogP contribution in [0.1, 0.15) is 35.7 Å². The smallest absolute Gasteiger partial charge is 0.308 e. The number of thiophene rings is 1. The standard InChI is InChI=1S/C26H29N3O4S/c1-33-19-7-9-24-22(16-19)21(10-12-27-24)25(28-32)8-6-18-11-14-29(17-23(18)26(30)31)13-2-4-20-5-3-15-34-20/h3,5,7,9-10,12,15-16,18,23,25,28,32H,6,8,11,13-14,17H2,1H3,(H,30,31)/t18-,23+,25+/m1/s1. The number of carboxylic acids is 1. The molecule has 2 aromatic heterocycles. The van der Waals surface area contributed by atoms with Crippen molar-refractivity contribution in [2.75, 3.05) is 26.7 Å². The molecule has 0 saturated carbocycles. The van der Waals surface area contributed by atoms with E-state index in [0.717, 1.165) is 40.1 Å². The number of likely N-dealkylation sites (tertiary alicyclic amines) is 1. The molecule has 1 aliphatic heterocycles. The maximum Gasteiger partial charge on any atom is 0.308 e. The summed E-state index contributed by atoms with van der Waals surface area (Å²) in [6.45, 7) is 1.88. The summed E-state index contributed by atoms with van der Waals surface area (Å²) in [5, 5.41) is 22.7. The molecule has 0 bridgehead atoms. The number of carbonyl (C=O) groups is 1. The molecule has 34 heavy (non-hydrogen) atoms. The summed E-state index contributed by atoms with van der Waals surface area (Å²) < 4.78 is 5.36. The van der Waals surface area contributed by atoms with Crippen molar-refractivity contribution in [1.82, 2.24) is 15.4 Å². The van der Waals surface area contributed by atoms with Crippen molar-refractivity contribution in [3.63, 3.8) is 0 Å². The Kier molecular flexibility index (Phi) is 8.14. The minimum atomic E-state index is -0.770. The summed E-state index contributed by atoms with van der Waals surface area (Å²) in [5.41, 5.74) is 4.17. The van der Waals surface area contributed by atoms with Crippen molar-refractivity contribution in [1.29, 1.82) is 0 Å². The summed E-state index contributed by atoms with van der Waals surface area (Å²) in [7, 11) is 1.62. The molecule has 4 rings (SSSR count). The first kappa shape index (κ1) is 24.2. The highest BCUT2D eigenvalue weighted by Crippen LogP contribution is 2.33. The number of nitrogens with one attached hydrogen (secondary N) is 1. The van der Waals surface area contributed by atoms with Gasteiger partial charge in [0.05, 0.1) is 36.0 Å². The Hall–Kier alpha value is -2.96. The fraction of sp³-hybridized carbons (Fsp3) is 0.385. The number of methoxy groups -OCH3 is 1. The fourth-order valence-electron chi connectivity index (χ4n) is 4.67. The van der Waals surface area contributed by atoms with E-state index in [1.165, 1.54) is 0 Å². The summed E-state index contributed by atoms with van der Waals surface area (Å²) >= 11 is 1.60. The zero-order chi connectivity index (χ0) is 23.9. The third-order valence-electron chi connectivity index (χ3n) is 6.53. The van der Waals surface area contributed by atoms with Crippen LogP contribution in [0.5, 0.6) is 5.75 Å². The molecule has 1 saturated heterocycles. The van der Waals surface area contributed by atoms with Gasteiger partial charge in [-0.15, -0.1) is 11.3 Å². The molecule has 1 fully saturated rings. The molecule has 1 aromatic carbocycles. The highest BCUT2D eigenvalue weighted by atomic mass is 32.1. The Labute approximate surface area is 203 Å². The third-order valence-corrected chi connectivity index (χ3v) is 7.32. The number of carboxylic acid groups (broad SMARTS) is 1. The number of benzene rings is 1. The summed E-state index contributed by atoms with van der Waals surface area (Å²) in [5.74, 6) is 5.86. The first-order chi connectivity index (χ1) is 16.6. The van der Waals surface area contributed by atoms with Gasteiger partial charge in [0.15, 0.2) is 0 Å². The predicted molar refractivity (Wildman–Crippen MR) is 132 cm³/mol. The van der Waals surface area contributed by atoms with Crippen molar-refractivity contribution in [3.8, 4) is 17.6 Å². The molecule has 0 aliphatic carbocycles. The quantitative estimate of drug-likeness (QED) is 0.330. The molecular weight excluding hydrogens is 450 g/mol. The summed E-state index contributed by atoms with van der Waals surface area (Å²) in [6.07, 6.45) is 3.82. The fourth-order valence-corrected chi connectivity index (χ4v) is 5.26. The average molecular weight is 480 g/mol. The van der Waals surface area contributed by atoms with Crippen molar-refractivity contribution >= 4 is 28.2 Å². The Morgan fingerprint density at radius 2 is 2.26 bits per heavy atom. The average Bonchev–Trinajstić information content (AvgIpc) is 3.38.